The summed E-state index contributed by atoms with van der Waals surface area (Å²) in [7, 11) is 0. The molecule has 0 saturated heterocycles. The van der Waals surface area contributed by atoms with E-state index in [0.29, 0.717) is 23.9 Å². The first-order valence-electron chi connectivity index (χ1n) is 7.02. The van der Waals surface area contributed by atoms with E-state index in [9.17, 15) is 4.79 Å². The molecule has 0 aliphatic carbocycles. The summed E-state index contributed by atoms with van der Waals surface area (Å²) in [6, 6.07) is 8.86. The van der Waals surface area contributed by atoms with E-state index in [-0.39, 0.29) is 11.7 Å². The first kappa shape index (κ1) is 15.1. The van der Waals surface area contributed by atoms with Crippen LogP contribution in [0.5, 0.6) is 5.75 Å². The van der Waals surface area contributed by atoms with Gasteiger partial charge in [-0.2, -0.15) is 0 Å². The van der Waals surface area contributed by atoms with E-state index in [0.717, 1.165) is 12.2 Å². The number of anilines is 1. The van der Waals surface area contributed by atoms with Crippen LogP contribution in [0.15, 0.2) is 34.9 Å². The van der Waals surface area contributed by atoms with Gasteiger partial charge in [0.05, 0.1) is 12.3 Å². The third-order valence-electron chi connectivity index (χ3n) is 2.93. The summed E-state index contributed by atoms with van der Waals surface area (Å²) < 4.78 is 10.5. The summed E-state index contributed by atoms with van der Waals surface area (Å²) in [6.07, 6.45) is 1.02. The fourth-order valence-electron chi connectivity index (χ4n) is 1.71. The van der Waals surface area contributed by atoms with Crippen molar-refractivity contribution in [2.24, 2.45) is 5.92 Å². The molecule has 2 rings (SSSR count). The van der Waals surface area contributed by atoms with Crippen LogP contribution < -0.4 is 10.1 Å². The molecular formula is C16H20N2O3. The van der Waals surface area contributed by atoms with Crippen LogP contribution in [0.4, 0.5) is 5.69 Å². The van der Waals surface area contributed by atoms with E-state index in [1.54, 1.807) is 25.1 Å². The molecule has 112 valence electrons. The van der Waals surface area contributed by atoms with Gasteiger partial charge in [0.25, 0.3) is 5.91 Å². The molecule has 0 fully saturated rings. The molecule has 1 amide bonds. The Morgan fingerprint density at radius 2 is 2.05 bits per heavy atom. The van der Waals surface area contributed by atoms with Crippen molar-refractivity contribution >= 4 is 11.6 Å². The molecule has 1 aromatic heterocycles. The largest absolute Gasteiger partial charge is 0.494 e. The number of aryl methyl sites for hydroxylation is 1. The number of hydrogen-bond acceptors (Lipinski definition) is 4. The molecule has 5 heteroatoms. The molecule has 5 nitrogen and oxygen atoms in total. The van der Waals surface area contributed by atoms with Crippen LogP contribution in [-0.4, -0.2) is 17.7 Å². The maximum Gasteiger partial charge on any atom is 0.294 e. The normalized spacial score (nSPS) is 10.7. The van der Waals surface area contributed by atoms with Gasteiger partial charge in [-0.25, -0.2) is 0 Å². The van der Waals surface area contributed by atoms with E-state index in [1.165, 1.54) is 0 Å². The molecule has 0 bridgehead atoms. The van der Waals surface area contributed by atoms with E-state index in [4.69, 9.17) is 9.26 Å². The smallest absolute Gasteiger partial charge is 0.294 e. The van der Waals surface area contributed by atoms with Crippen LogP contribution in [-0.2, 0) is 0 Å². The highest BCUT2D eigenvalue weighted by Crippen LogP contribution is 2.17. The van der Waals surface area contributed by atoms with Gasteiger partial charge in [0.1, 0.15) is 5.75 Å². The van der Waals surface area contributed by atoms with Crippen molar-refractivity contribution in [3.05, 3.63) is 41.8 Å². The molecule has 0 spiro atoms. The average molecular weight is 288 g/mol. The predicted molar refractivity (Wildman–Crippen MR) is 80.6 cm³/mol. The molecule has 1 heterocycles. The summed E-state index contributed by atoms with van der Waals surface area (Å²) in [5.74, 6) is 1.30. The zero-order valence-corrected chi connectivity index (χ0v) is 12.6. The average Bonchev–Trinajstić information content (AvgIpc) is 2.87. The molecular weight excluding hydrogens is 268 g/mol. The minimum atomic E-state index is -0.316. The molecule has 0 atom stereocenters. The van der Waals surface area contributed by atoms with Crippen LogP contribution in [0.1, 0.15) is 36.5 Å². The topological polar surface area (TPSA) is 64.4 Å². The Kier molecular flexibility index (Phi) is 4.98. The number of ether oxygens (including phenoxy) is 1. The molecule has 1 N–H and O–H groups in total. The number of carbonyl (C=O) groups excluding carboxylic acids is 1. The molecule has 0 saturated carbocycles. The van der Waals surface area contributed by atoms with Gasteiger partial charge in [-0.3, -0.25) is 4.79 Å². The van der Waals surface area contributed by atoms with Gasteiger partial charge in [0, 0.05) is 11.8 Å². The van der Waals surface area contributed by atoms with E-state index in [1.807, 2.05) is 12.1 Å². The van der Waals surface area contributed by atoms with Gasteiger partial charge in [0.2, 0.25) is 5.76 Å². The summed E-state index contributed by atoms with van der Waals surface area (Å²) >= 11 is 0. The van der Waals surface area contributed by atoms with Crippen molar-refractivity contribution in [2.45, 2.75) is 27.2 Å². The van der Waals surface area contributed by atoms with Gasteiger partial charge in [0.15, 0.2) is 0 Å². The lowest BCUT2D eigenvalue weighted by Crippen LogP contribution is -2.10. The second-order valence-electron chi connectivity index (χ2n) is 5.34. The van der Waals surface area contributed by atoms with Gasteiger partial charge in [-0.05, 0) is 43.5 Å². The fraction of sp³-hybridized carbons (Fsp3) is 0.375. The molecule has 0 unspecified atom stereocenters. The van der Waals surface area contributed by atoms with Crippen LogP contribution in [0.25, 0.3) is 0 Å². The predicted octanol–water partition coefficient (Wildman–Crippen LogP) is 3.66. The second kappa shape index (κ2) is 6.92. The minimum Gasteiger partial charge on any atom is -0.494 e. The highest BCUT2D eigenvalue weighted by atomic mass is 16.5. The zero-order chi connectivity index (χ0) is 15.2. The Morgan fingerprint density at radius 1 is 1.33 bits per heavy atom. The number of carbonyl (C=O) groups is 1. The Labute approximate surface area is 124 Å². The van der Waals surface area contributed by atoms with Crippen LogP contribution in [0.2, 0.25) is 0 Å². The fourth-order valence-corrected chi connectivity index (χ4v) is 1.71. The van der Waals surface area contributed by atoms with Gasteiger partial charge < -0.3 is 14.6 Å². The maximum absolute atomic E-state index is 11.9. The number of rotatable bonds is 6. The number of amides is 1. The zero-order valence-electron chi connectivity index (χ0n) is 12.6. The Morgan fingerprint density at radius 3 is 2.62 bits per heavy atom. The van der Waals surface area contributed by atoms with Crippen LogP contribution >= 0.6 is 0 Å². The highest BCUT2D eigenvalue weighted by molar-refractivity contribution is 6.02. The number of nitrogens with one attached hydrogen (secondary N) is 1. The lowest BCUT2D eigenvalue weighted by Gasteiger charge is -2.09. The van der Waals surface area contributed by atoms with Crippen molar-refractivity contribution in [2.75, 3.05) is 11.9 Å². The highest BCUT2D eigenvalue weighted by Gasteiger charge is 2.11. The molecule has 0 aliphatic rings. The van der Waals surface area contributed by atoms with Crippen LogP contribution in [0.3, 0.4) is 0 Å². The quantitative estimate of drug-likeness (QED) is 0.881. The van der Waals surface area contributed by atoms with Crippen molar-refractivity contribution in [3.8, 4) is 5.75 Å². The first-order valence-corrected chi connectivity index (χ1v) is 7.02. The Bertz CT molecular complexity index is 588. The monoisotopic (exact) mass is 288 g/mol. The van der Waals surface area contributed by atoms with Gasteiger partial charge >= 0.3 is 0 Å². The summed E-state index contributed by atoms with van der Waals surface area (Å²) in [6.45, 7) is 6.78. The summed E-state index contributed by atoms with van der Waals surface area (Å²) in [5, 5.41) is 6.43. The van der Waals surface area contributed by atoms with Crippen molar-refractivity contribution in [1.82, 2.24) is 5.16 Å². The maximum atomic E-state index is 11.9. The van der Waals surface area contributed by atoms with E-state index < -0.39 is 0 Å². The second-order valence-corrected chi connectivity index (χ2v) is 5.34. The Hall–Kier alpha value is -2.30. The third-order valence-corrected chi connectivity index (χ3v) is 2.93. The number of nitrogens with zero attached hydrogens (tertiary/aromatic N) is 1. The van der Waals surface area contributed by atoms with Crippen molar-refractivity contribution < 1.29 is 14.1 Å². The van der Waals surface area contributed by atoms with E-state index >= 15 is 0 Å². The molecule has 0 radical (unpaired) electrons. The molecule has 2 aromatic rings. The number of aromatic nitrogens is 1. The van der Waals surface area contributed by atoms with E-state index in [2.05, 4.69) is 24.3 Å². The standard InChI is InChI=1S/C16H20N2O3/c1-11(2)8-9-20-14-6-4-13(5-7-14)17-16(19)15-10-12(3)18-21-15/h4-7,10-11H,8-9H2,1-3H3,(H,17,19). The molecule has 0 aliphatic heterocycles. The van der Waals surface area contributed by atoms with Crippen LogP contribution in [0, 0.1) is 12.8 Å². The summed E-state index contributed by atoms with van der Waals surface area (Å²) in [4.78, 5) is 11.9. The molecule has 1 aromatic carbocycles. The number of benzene rings is 1. The first-order chi connectivity index (χ1) is 10.0. The third kappa shape index (κ3) is 4.63. The SMILES string of the molecule is Cc1cc(C(=O)Nc2ccc(OCCC(C)C)cc2)on1. The lowest BCUT2D eigenvalue weighted by atomic mass is 10.1. The Balaban J connectivity index is 1.88. The van der Waals surface area contributed by atoms with Crippen molar-refractivity contribution in [3.63, 3.8) is 0 Å². The minimum absolute atomic E-state index is 0.199. The molecule has 21 heavy (non-hydrogen) atoms. The summed E-state index contributed by atoms with van der Waals surface area (Å²) in [5.41, 5.74) is 1.36. The van der Waals surface area contributed by atoms with Crippen molar-refractivity contribution in [1.29, 1.82) is 0 Å². The number of hydrogen-bond donors (Lipinski definition) is 1. The lowest BCUT2D eigenvalue weighted by molar-refractivity contribution is 0.0988. The van der Waals surface area contributed by atoms with Gasteiger partial charge in [-0.1, -0.05) is 19.0 Å². The van der Waals surface area contributed by atoms with Gasteiger partial charge in [-0.15, -0.1) is 0 Å².